The summed E-state index contributed by atoms with van der Waals surface area (Å²) in [7, 11) is 1.40. The SMILES string of the molecule is CNC(=O)c1csc2c(C(F)(F)F)cc(N3CC[CH]C(F)C3)nc12. The Labute approximate surface area is 139 Å². The Morgan fingerprint density at radius 2 is 2.21 bits per heavy atom. The number of pyridine rings is 1. The summed E-state index contributed by atoms with van der Waals surface area (Å²) in [5.74, 6) is -0.469. The van der Waals surface area contributed by atoms with E-state index in [1.54, 1.807) is 0 Å². The van der Waals surface area contributed by atoms with Crippen LogP contribution in [0.15, 0.2) is 11.4 Å². The molecule has 1 atom stereocenters. The van der Waals surface area contributed by atoms with E-state index < -0.39 is 23.8 Å². The summed E-state index contributed by atoms with van der Waals surface area (Å²) >= 11 is 0.825. The monoisotopic (exact) mass is 360 g/mol. The average Bonchev–Trinajstić information content (AvgIpc) is 2.96. The van der Waals surface area contributed by atoms with Gasteiger partial charge in [-0.2, -0.15) is 13.2 Å². The number of alkyl halides is 4. The van der Waals surface area contributed by atoms with E-state index >= 15 is 0 Å². The maximum atomic E-state index is 13.6. The van der Waals surface area contributed by atoms with Crippen molar-refractivity contribution in [1.29, 1.82) is 0 Å². The molecule has 1 amide bonds. The van der Waals surface area contributed by atoms with Crippen LogP contribution in [0.4, 0.5) is 23.4 Å². The Bertz CT molecular complexity index is 774. The fourth-order valence-electron chi connectivity index (χ4n) is 2.66. The highest BCUT2D eigenvalue weighted by Gasteiger charge is 2.36. The third-order valence-corrected chi connectivity index (χ3v) is 4.83. The van der Waals surface area contributed by atoms with Gasteiger partial charge in [-0.25, -0.2) is 9.37 Å². The Morgan fingerprint density at radius 3 is 2.83 bits per heavy atom. The van der Waals surface area contributed by atoms with Crippen LogP contribution in [0.3, 0.4) is 0 Å². The predicted molar refractivity (Wildman–Crippen MR) is 84.0 cm³/mol. The number of halogens is 4. The molecule has 24 heavy (non-hydrogen) atoms. The smallest absolute Gasteiger partial charge is 0.355 e. The molecule has 0 spiro atoms. The summed E-state index contributed by atoms with van der Waals surface area (Å²) in [6.45, 7) is 0.338. The summed E-state index contributed by atoms with van der Waals surface area (Å²) < 4.78 is 53.7. The molecule has 4 nitrogen and oxygen atoms in total. The number of hydrogen-bond acceptors (Lipinski definition) is 4. The lowest BCUT2D eigenvalue weighted by Crippen LogP contribution is -2.37. The standard InChI is InChI=1S/C15H14F4N3OS/c1-20-14(23)9-7-24-13-10(15(17,18)19)5-11(21-12(9)13)22-4-2-3-8(16)6-22/h3,5,7-8H,2,4,6H2,1H3,(H,20,23). The van der Waals surface area contributed by atoms with E-state index in [-0.39, 0.29) is 28.1 Å². The second kappa shape index (κ2) is 6.19. The van der Waals surface area contributed by atoms with Gasteiger partial charge in [-0.3, -0.25) is 4.79 Å². The largest absolute Gasteiger partial charge is 0.417 e. The van der Waals surface area contributed by atoms with E-state index in [9.17, 15) is 22.4 Å². The lowest BCUT2D eigenvalue weighted by atomic mass is 10.1. The first kappa shape index (κ1) is 16.9. The number of aromatic nitrogens is 1. The molecule has 1 fully saturated rings. The first-order valence-corrected chi connectivity index (χ1v) is 8.13. The highest BCUT2D eigenvalue weighted by molar-refractivity contribution is 7.17. The third kappa shape index (κ3) is 3.04. The first-order valence-electron chi connectivity index (χ1n) is 7.25. The summed E-state index contributed by atoms with van der Waals surface area (Å²) in [5.41, 5.74) is -0.771. The number of anilines is 1. The number of carbonyl (C=O) groups is 1. The van der Waals surface area contributed by atoms with Crippen molar-refractivity contribution in [2.75, 3.05) is 25.0 Å². The van der Waals surface area contributed by atoms with E-state index in [0.29, 0.717) is 13.0 Å². The molecule has 129 valence electrons. The zero-order valence-electron chi connectivity index (χ0n) is 12.7. The third-order valence-electron chi connectivity index (χ3n) is 3.83. The van der Waals surface area contributed by atoms with Gasteiger partial charge in [0.1, 0.15) is 12.0 Å². The van der Waals surface area contributed by atoms with E-state index in [2.05, 4.69) is 10.3 Å². The lowest BCUT2D eigenvalue weighted by Gasteiger charge is -2.30. The fraction of sp³-hybridized carbons (Fsp3) is 0.400. The van der Waals surface area contributed by atoms with Gasteiger partial charge < -0.3 is 10.2 Å². The molecule has 0 aliphatic carbocycles. The molecule has 1 unspecified atom stereocenters. The number of nitrogens with zero attached hydrogens (tertiary/aromatic N) is 2. The van der Waals surface area contributed by atoms with Crippen LogP contribution in [0.5, 0.6) is 0 Å². The number of piperidine rings is 1. The quantitative estimate of drug-likeness (QED) is 0.835. The van der Waals surface area contributed by atoms with Crippen LogP contribution in [0.25, 0.3) is 10.2 Å². The molecular formula is C15H14F4N3OS. The van der Waals surface area contributed by atoms with Gasteiger partial charge in [-0.15, -0.1) is 11.3 Å². The minimum atomic E-state index is -4.59. The normalized spacial score (nSPS) is 18.9. The number of hydrogen-bond donors (Lipinski definition) is 1. The Balaban J connectivity index is 2.17. The summed E-state index contributed by atoms with van der Waals surface area (Å²) in [5, 5.41) is 3.75. The average molecular weight is 360 g/mol. The molecular weight excluding hydrogens is 346 g/mol. The molecule has 2 aromatic rings. The number of thiophene rings is 1. The van der Waals surface area contributed by atoms with Crippen molar-refractivity contribution in [1.82, 2.24) is 10.3 Å². The zero-order chi connectivity index (χ0) is 17.5. The van der Waals surface area contributed by atoms with Crippen LogP contribution in [0.1, 0.15) is 22.3 Å². The van der Waals surface area contributed by atoms with Gasteiger partial charge in [0, 0.05) is 19.0 Å². The molecule has 0 saturated carbocycles. The number of amides is 1. The highest BCUT2D eigenvalue weighted by Crippen LogP contribution is 2.40. The number of rotatable bonds is 2. The highest BCUT2D eigenvalue weighted by atomic mass is 32.1. The lowest BCUT2D eigenvalue weighted by molar-refractivity contribution is -0.136. The minimum Gasteiger partial charge on any atom is -0.355 e. The fourth-order valence-corrected chi connectivity index (χ4v) is 3.68. The molecule has 1 N–H and O–H groups in total. The molecule has 1 aliphatic rings. The minimum absolute atomic E-state index is 0.00543. The van der Waals surface area contributed by atoms with Gasteiger partial charge in [-0.1, -0.05) is 0 Å². The summed E-state index contributed by atoms with van der Waals surface area (Å²) in [4.78, 5) is 17.6. The van der Waals surface area contributed by atoms with Crippen molar-refractivity contribution in [2.45, 2.75) is 18.8 Å². The molecule has 1 aliphatic heterocycles. The van der Waals surface area contributed by atoms with Crippen molar-refractivity contribution in [2.24, 2.45) is 0 Å². The van der Waals surface area contributed by atoms with Crippen LogP contribution in [0, 0.1) is 6.42 Å². The maximum Gasteiger partial charge on any atom is 0.417 e. The van der Waals surface area contributed by atoms with Crippen molar-refractivity contribution >= 4 is 33.3 Å². The number of fused-ring (bicyclic) bond motifs is 1. The van der Waals surface area contributed by atoms with Crippen LogP contribution in [-0.4, -0.2) is 37.2 Å². The van der Waals surface area contributed by atoms with Crippen LogP contribution in [0.2, 0.25) is 0 Å². The predicted octanol–water partition coefficient (Wildman–Crippen LogP) is 3.43. The second-order valence-corrected chi connectivity index (χ2v) is 6.30. The molecule has 0 aromatic carbocycles. The van der Waals surface area contributed by atoms with Crippen LogP contribution < -0.4 is 10.2 Å². The Hall–Kier alpha value is -1.90. The Morgan fingerprint density at radius 1 is 1.46 bits per heavy atom. The van der Waals surface area contributed by atoms with E-state index in [0.717, 1.165) is 17.4 Å². The molecule has 3 rings (SSSR count). The van der Waals surface area contributed by atoms with Gasteiger partial charge >= 0.3 is 6.18 Å². The molecule has 0 bridgehead atoms. The van der Waals surface area contributed by atoms with Crippen molar-refractivity contribution in [3.63, 3.8) is 0 Å². The number of carbonyl (C=O) groups excluding carboxylic acids is 1. The number of nitrogens with one attached hydrogen (secondary N) is 1. The van der Waals surface area contributed by atoms with E-state index in [1.165, 1.54) is 23.7 Å². The maximum absolute atomic E-state index is 13.6. The van der Waals surface area contributed by atoms with Crippen molar-refractivity contribution in [3.05, 3.63) is 29.0 Å². The second-order valence-electron chi connectivity index (χ2n) is 5.42. The van der Waals surface area contributed by atoms with Gasteiger partial charge in [0.2, 0.25) is 0 Å². The molecule has 1 saturated heterocycles. The van der Waals surface area contributed by atoms with Crippen LogP contribution in [-0.2, 0) is 6.18 Å². The molecule has 9 heteroatoms. The van der Waals surface area contributed by atoms with Gasteiger partial charge in [-0.05, 0) is 18.9 Å². The van der Waals surface area contributed by atoms with Crippen molar-refractivity contribution < 1.29 is 22.4 Å². The molecule has 2 aromatic heterocycles. The van der Waals surface area contributed by atoms with Gasteiger partial charge in [0.25, 0.3) is 5.91 Å². The van der Waals surface area contributed by atoms with E-state index in [4.69, 9.17) is 0 Å². The summed E-state index contributed by atoms with van der Waals surface area (Å²) in [6.07, 6.45) is -3.89. The van der Waals surface area contributed by atoms with Gasteiger partial charge in [0.15, 0.2) is 0 Å². The van der Waals surface area contributed by atoms with Crippen molar-refractivity contribution in [3.8, 4) is 0 Å². The topological polar surface area (TPSA) is 45.2 Å². The van der Waals surface area contributed by atoms with Gasteiger partial charge in [0.05, 0.1) is 27.9 Å². The zero-order valence-corrected chi connectivity index (χ0v) is 13.5. The summed E-state index contributed by atoms with van der Waals surface area (Å²) in [6, 6.07) is 0.935. The Kier molecular flexibility index (Phi) is 4.37. The first-order chi connectivity index (χ1) is 11.3. The van der Waals surface area contributed by atoms with Crippen LogP contribution >= 0.6 is 11.3 Å². The van der Waals surface area contributed by atoms with E-state index in [1.807, 2.05) is 0 Å². The molecule has 3 heterocycles. The molecule has 1 radical (unpaired) electrons.